The number of nitrogens with one attached hydrogen (secondary N) is 1. The fourth-order valence-electron chi connectivity index (χ4n) is 4.21. The lowest BCUT2D eigenvalue weighted by Crippen LogP contribution is -2.35. The number of aryl methyl sites for hydroxylation is 1. The van der Waals surface area contributed by atoms with Crippen LogP contribution in [0, 0.1) is 6.92 Å². The number of hydrogen-bond donors (Lipinski definition) is 1. The van der Waals surface area contributed by atoms with E-state index in [4.69, 9.17) is 4.74 Å². The molecule has 8 nitrogen and oxygen atoms in total. The van der Waals surface area contributed by atoms with Gasteiger partial charge in [-0.05, 0) is 73.9 Å². The van der Waals surface area contributed by atoms with Gasteiger partial charge in [-0.1, -0.05) is 12.5 Å². The lowest BCUT2D eigenvalue weighted by Gasteiger charge is -2.25. The van der Waals surface area contributed by atoms with Crippen LogP contribution in [0.25, 0.3) is 20.8 Å². The minimum atomic E-state index is -3.53. The van der Waals surface area contributed by atoms with Crippen LogP contribution in [0.1, 0.15) is 29.7 Å². The third-order valence-corrected chi connectivity index (χ3v) is 10.7. The predicted molar refractivity (Wildman–Crippen MR) is 150 cm³/mol. The summed E-state index contributed by atoms with van der Waals surface area (Å²) in [5.74, 6) is -1.05. The van der Waals surface area contributed by atoms with Crippen molar-refractivity contribution in [2.24, 2.45) is 0 Å². The van der Waals surface area contributed by atoms with Gasteiger partial charge >= 0.3 is 5.97 Å². The highest BCUT2D eigenvalue weighted by atomic mass is 32.2. The molecule has 1 saturated heterocycles. The number of fused-ring (bicyclic) bond motifs is 1. The highest BCUT2D eigenvalue weighted by Crippen LogP contribution is 2.31. The Labute approximate surface area is 229 Å². The minimum absolute atomic E-state index is 0.0934. The molecular weight excluding hydrogens is 543 g/mol. The van der Waals surface area contributed by atoms with Crippen molar-refractivity contribution >= 4 is 60.5 Å². The van der Waals surface area contributed by atoms with Crippen molar-refractivity contribution in [2.75, 3.05) is 25.0 Å². The van der Waals surface area contributed by atoms with E-state index in [1.54, 1.807) is 29.5 Å². The van der Waals surface area contributed by atoms with Crippen LogP contribution < -0.4 is 5.32 Å². The van der Waals surface area contributed by atoms with Crippen LogP contribution in [0.4, 0.5) is 5.69 Å². The number of nitrogens with zero attached hydrogens (tertiary/aromatic N) is 2. The lowest BCUT2D eigenvalue weighted by atomic mass is 10.2. The Morgan fingerprint density at radius 2 is 1.76 bits per heavy atom. The van der Waals surface area contributed by atoms with Gasteiger partial charge in [0, 0.05) is 29.2 Å². The van der Waals surface area contributed by atoms with Crippen molar-refractivity contribution < 1.29 is 22.7 Å². The summed E-state index contributed by atoms with van der Waals surface area (Å²) in [5, 5.41) is 3.62. The molecule has 2 aromatic heterocycles. The average molecular weight is 570 g/mol. The zero-order valence-electron chi connectivity index (χ0n) is 20.8. The molecule has 5 rings (SSSR count). The monoisotopic (exact) mass is 569 g/mol. The van der Waals surface area contributed by atoms with Gasteiger partial charge in [-0.15, -0.1) is 22.7 Å². The highest BCUT2D eigenvalue weighted by molar-refractivity contribution is 7.91. The Kier molecular flexibility index (Phi) is 7.89. The van der Waals surface area contributed by atoms with Crippen molar-refractivity contribution in [3.63, 3.8) is 0 Å². The molecular formula is C27H27N3O5S3. The van der Waals surface area contributed by atoms with E-state index in [9.17, 15) is 18.0 Å². The largest absolute Gasteiger partial charge is 0.455 e. The summed E-state index contributed by atoms with van der Waals surface area (Å²) >= 11 is 2.68. The van der Waals surface area contributed by atoms with E-state index in [1.165, 1.54) is 15.9 Å². The third kappa shape index (κ3) is 6.12. The third-order valence-electron chi connectivity index (χ3n) is 6.19. The lowest BCUT2D eigenvalue weighted by molar-refractivity contribution is -0.146. The van der Waals surface area contributed by atoms with E-state index < -0.39 is 28.5 Å². The number of anilines is 1. The summed E-state index contributed by atoms with van der Waals surface area (Å²) in [6.07, 6.45) is 2.66. The fourth-order valence-corrected chi connectivity index (χ4v) is 8.29. The number of hydrogen-bond acceptors (Lipinski definition) is 8. The Morgan fingerprint density at radius 1 is 1.00 bits per heavy atom. The SMILES string of the molecule is Cc1ccc2nc(-c3ccc(NC(=O)COC(=O)Cc4ccc(S(=O)(=O)N5CCCCC5)s4)cc3)sc2c1. The highest BCUT2D eigenvalue weighted by Gasteiger charge is 2.27. The quantitative estimate of drug-likeness (QED) is 0.291. The first-order chi connectivity index (χ1) is 18.3. The Morgan fingerprint density at radius 3 is 2.53 bits per heavy atom. The fraction of sp³-hybridized carbons (Fsp3) is 0.296. The number of thiazole rings is 1. The molecule has 1 fully saturated rings. The summed E-state index contributed by atoms with van der Waals surface area (Å²) in [4.78, 5) is 29.8. The van der Waals surface area contributed by atoms with Gasteiger partial charge in [0.1, 0.15) is 9.22 Å². The summed E-state index contributed by atoms with van der Waals surface area (Å²) in [6, 6.07) is 16.6. The maximum Gasteiger partial charge on any atom is 0.311 e. The molecule has 0 unspecified atom stereocenters. The Balaban J connectivity index is 1.11. The molecule has 0 radical (unpaired) electrons. The molecule has 3 heterocycles. The molecule has 1 N–H and O–H groups in total. The van der Waals surface area contributed by atoms with E-state index in [0.29, 0.717) is 23.7 Å². The van der Waals surface area contributed by atoms with E-state index >= 15 is 0 Å². The summed E-state index contributed by atoms with van der Waals surface area (Å²) in [7, 11) is -3.53. The number of piperidine rings is 1. The van der Waals surface area contributed by atoms with Crippen molar-refractivity contribution in [3.8, 4) is 10.6 Å². The van der Waals surface area contributed by atoms with E-state index in [1.807, 2.05) is 24.3 Å². The molecule has 0 atom stereocenters. The normalized spacial score (nSPS) is 14.4. The molecule has 0 bridgehead atoms. The molecule has 198 valence electrons. The first-order valence-corrected chi connectivity index (χ1v) is 15.4. The van der Waals surface area contributed by atoms with Crippen molar-refractivity contribution in [1.29, 1.82) is 0 Å². The second kappa shape index (κ2) is 11.3. The van der Waals surface area contributed by atoms with E-state index in [2.05, 4.69) is 23.3 Å². The van der Waals surface area contributed by atoms with Gasteiger partial charge in [-0.2, -0.15) is 4.31 Å². The second-order valence-corrected chi connectivity index (χ2v) is 13.5. The van der Waals surface area contributed by atoms with Gasteiger partial charge in [-0.25, -0.2) is 13.4 Å². The van der Waals surface area contributed by atoms with Crippen molar-refractivity contribution in [1.82, 2.24) is 9.29 Å². The van der Waals surface area contributed by atoms with Crippen molar-refractivity contribution in [3.05, 3.63) is 65.0 Å². The van der Waals surface area contributed by atoms with Gasteiger partial charge in [0.2, 0.25) is 0 Å². The average Bonchev–Trinajstić information content (AvgIpc) is 3.56. The van der Waals surface area contributed by atoms with Crippen LogP contribution in [0.5, 0.6) is 0 Å². The van der Waals surface area contributed by atoms with E-state index in [-0.39, 0.29) is 10.6 Å². The number of amides is 1. The molecule has 2 aromatic carbocycles. The first-order valence-electron chi connectivity index (χ1n) is 12.3. The number of thiophene rings is 1. The van der Waals surface area contributed by atoms with Crippen molar-refractivity contribution in [2.45, 2.75) is 36.8 Å². The summed E-state index contributed by atoms with van der Waals surface area (Å²) < 4.78 is 33.6. The second-order valence-electron chi connectivity index (χ2n) is 9.14. The number of ether oxygens (including phenoxy) is 1. The standard InChI is InChI=1S/C27H27N3O5S3/c1-18-5-11-22-23(15-18)37-27(29-22)19-6-8-20(9-7-19)28-24(31)17-35-25(32)16-21-10-12-26(36-21)38(33,34)30-13-3-2-4-14-30/h5-12,15H,2-4,13-14,16-17H2,1H3,(H,28,31). The van der Waals surface area contributed by atoms with Gasteiger partial charge in [-0.3, -0.25) is 9.59 Å². The molecule has 11 heteroatoms. The molecule has 1 aliphatic rings. The van der Waals surface area contributed by atoms with Gasteiger partial charge in [0.15, 0.2) is 6.61 Å². The van der Waals surface area contributed by atoms with Crippen LogP contribution in [-0.4, -0.2) is 49.3 Å². The molecule has 38 heavy (non-hydrogen) atoms. The number of carbonyl (C=O) groups excluding carboxylic acids is 2. The molecule has 1 amide bonds. The maximum absolute atomic E-state index is 12.8. The number of carbonyl (C=O) groups is 2. The van der Waals surface area contributed by atoms with Gasteiger partial charge < -0.3 is 10.1 Å². The minimum Gasteiger partial charge on any atom is -0.455 e. The topological polar surface area (TPSA) is 106 Å². The number of sulfonamides is 1. The smallest absolute Gasteiger partial charge is 0.311 e. The number of rotatable bonds is 8. The summed E-state index contributed by atoms with van der Waals surface area (Å²) in [6.45, 7) is 2.67. The Hall–Kier alpha value is -3.12. The maximum atomic E-state index is 12.8. The first kappa shape index (κ1) is 26.5. The van der Waals surface area contributed by atoms with Gasteiger partial charge in [0.05, 0.1) is 16.6 Å². The molecule has 0 spiro atoms. The van der Waals surface area contributed by atoms with Gasteiger partial charge in [0.25, 0.3) is 15.9 Å². The van der Waals surface area contributed by atoms with Crippen LogP contribution in [-0.2, 0) is 30.8 Å². The van der Waals surface area contributed by atoms with Crippen LogP contribution in [0.15, 0.2) is 58.8 Å². The number of esters is 1. The van der Waals surface area contributed by atoms with E-state index in [0.717, 1.165) is 51.4 Å². The summed E-state index contributed by atoms with van der Waals surface area (Å²) in [5.41, 5.74) is 3.67. The van der Waals surface area contributed by atoms with Crippen LogP contribution in [0.2, 0.25) is 0 Å². The van der Waals surface area contributed by atoms with Crippen LogP contribution >= 0.6 is 22.7 Å². The zero-order chi connectivity index (χ0) is 26.7. The zero-order valence-corrected chi connectivity index (χ0v) is 23.3. The van der Waals surface area contributed by atoms with Crippen LogP contribution in [0.3, 0.4) is 0 Å². The molecule has 0 aliphatic carbocycles. The Bertz CT molecular complexity index is 1570. The number of benzene rings is 2. The molecule has 0 saturated carbocycles. The molecule has 4 aromatic rings. The number of aromatic nitrogens is 1. The molecule has 1 aliphatic heterocycles. The predicted octanol–water partition coefficient (Wildman–Crippen LogP) is 5.23.